The molecular formula is C16H24N2O5S. The maximum absolute atomic E-state index is 12.5. The number of carbonyl (C=O) groups excluding carboxylic acids is 2. The molecule has 0 atom stereocenters. The number of hydrogen-bond acceptors (Lipinski definition) is 5. The number of benzene rings is 1. The van der Waals surface area contributed by atoms with Crippen molar-refractivity contribution in [2.75, 3.05) is 20.2 Å². The lowest BCUT2D eigenvalue weighted by Crippen LogP contribution is -2.33. The Morgan fingerprint density at radius 1 is 1.29 bits per heavy atom. The van der Waals surface area contributed by atoms with Crippen LogP contribution in [-0.4, -0.2) is 50.8 Å². The van der Waals surface area contributed by atoms with Gasteiger partial charge in [-0.05, 0) is 39.0 Å². The van der Waals surface area contributed by atoms with Crippen LogP contribution in [-0.2, 0) is 19.6 Å². The smallest absolute Gasteiger partial charge is 0.307 e. The molecule has 0 aliphatic heterocycles. The number of rotatable bonds is 8. The van der Waals surface area contributed by atoms with Gasteiger partial charge in [0.15, 0.2) is 0 Å². The zero-order chi connectivity index (χ0) is 18.3. The lowest BCUT2D eigenvalue weighted by molar-refractivity contribution is -0.142. The number of hydrogen-bond donors (Lipinski definition) is 1. The van der Waals surface area contributed by atoms with Crippen LogP contribution in [0.25, 0.3) is 0 Å². The first-order valence-electron chi connectivity index (χ1n) is 7.72. The second-order valence-corrected chi connectivity index (χ2v) is 7.45. The van der Waals surface area contributed by atoms with Gasteiger partial charge in [-0.3, -0.25) is 9.59 Å². The highest BCUT2D eigenvalue weighted by atomic mass is 32.2. The molecular weight excluding hydrogens is 332 g/mol. The van der Waals surface area contributed by atoms with E-state index in [1.54, 1.807) is 20.8 Å². The molecule has 0 bridgehead atoms. The van der Waals surface area contributed by atoms with Crippen molar-refractivity contribution in [2.24, 2.45) is 0 Å². The van der Waals surface area contributed by atoms with Crippen molar-refractivity contribution in [1.82, 2.24) is 9.62 Å². The number of nitrogens with zero attached hydrogens (tertiary/aromatic N) is 1. The van der Waals surface area contributed by atoms with E-state index in [1.807, 2.05) is 0 Å². The molecule has 0 aliphatic rings. The highest BCUT2D eigenvalue weighted by Gasteiger charge is 2.23. The minimum absolute atomic E-state index is 0.0525. The first-order chi connectivity index (χ1) is 11.2. The van der Waals surface area contributed by atoms with Gasteiger partial charge in [0.25, 0.3) is 5.91 Å². The van der Waals surface area contributed by atoms with E-state index in [0.29, 0.717) is 0 Å². The molecule has 0 unspecified atom stereocenters. The van der Waals surface area contributed by atoms with E-state index < -0.39 is 21.9 Å². The van der Waals surface area contributed by atoms with E-state index in [9.17, 15) is 18.0 Å². The quantitative estimate of drug-likeness (QED) is 0.711. The molecule has 0 radical (unpaired) electrons. The van der Waals surface area contributed by atoms with Crippen molar-refractivity contribution < 1.29 is 22.7 Å². The van der Waals surface area contributed by atoms with Crippen molar-refractivity contribution in [1.29, 1.82) is 0 Å². The van der Waals surface area contributed by atoms with E-state index in [4.69, 9.17) is 4.74 Å². The Balaban J connectivity index is 2.81. The summed E-state index contributed by atoms with van der Waals surface area (Å²) in [5.74, 6) is -0.837. The third-order valence-corrected chi connectivity index (χ3v) is 5.45. The number of esters is 1. The van der Waals surface area contributed by atoms with Crippen LogP contribution >= 0.6 is 0 Å². The summed E-state index contributed by atoms with van der Waals surface area (Å²) in [5, 5.41) is 2.57. The summed E-state index contributed by atoms with van der Waals surface area (Å²) >= 11 is 0. The maximum atomic E-state index is 12.5. The summed E-state index contributed by atoms with van der Waals surface area (Å²) in [7, 11) is -2.16. The summed E-state index contributed by atoms with van der Waals surface area (Å²) in [6, 6.07) is 5.62. The van der Waals surface area contributed by atoms with Gasteiger partial charge in [-0.15, -0.1) is 0 Å². The fourth-order valence-electron chi connectivity index (χ4n) is 1.85. The van der Waals surface area contributed by atoms with Crippen LogP contribution in [0.5, 0.6) is 0 Å². The van der Waals surface area contributed by atoms with Crippen LogP contribution in [0.2, 0.25) is 0 Å². The van der Waals surface area contributed by atoms with Crippen LogP contribution < -0.4 is 5.32 Å². The van der Waals surface area contributed by atoms with Gasteiger partial charge in [0.05, 0.1) is 17.9 Å². The molecule has 0 aliphatic carbocycles. The first-order valence-corrected chi connectivity index (χ1v) is 9.16. The van der Waals surface area contributed by atoms with Gasteiger partial charge in [-0.2, -0.15) is 4.31 Å². The fraction of sp³-hybridized carbons (Fsp3) is 0.500. The Morgan fingerprint density at radius 2 is 1.96 bits per heavy atom. The molecule has 1 amide bonds. The Kier molecular flexibility index (Phi) is 7.37. The largest absolute Gasteiger partial charge is 0.466 e. The number of carbonyl (C=O) groups is 2. The van der Waals surface area contributed by atoms with E-state index in [1.165, 1.54) is 35.6 Å². The summed E-state index contributed by atoms with van der Waals surface area (Å²) < 4.78 is 30.9. The van der Waals surface area contributed by atoms with Crippen LogP contribution in [0.1, 0.15) is 37.6 Å². The van der Waals surface area contributed by atoms with E-state index >= 15 is 0 Å². The highest BCUT2D eigenvalue weighted by Crippen LogP contribution is 2.17. The number of nitrogens with one attached hydrogen (secondary N) is 1. The normalized spacial score (nSPS) is 11.6. The predicted molar refractivity (Wildman–Crippen MR) is 90.1 cm³/mol. The molecule has 24 heavy (non-hydrogen) atoms. The minimum Gasteiger partial charge on any atom is -0.466 e. The van der Waals surface area contributed by atoms with E-state index in [0.717, 1.165) is 0 Å². The molecule has 0 saturated carbocycles. The second-order valence-electron chi connectivity index (χ2n) is 5.45. The topological polar surface area (TPSA) is 92.8 Å². The van der Waals surface area contributed by atoms with Gasteiger partial charge in [-0.1, -0.05) is 6.07 Å². The molecule has 1 aromatic carbocycles. The Morgan fingerprint density at radius 3 is 2.54 bits per heavy atom. The average molecular weight is 356 g/mol. The summed E-state index contributed by atoms with van der Waals surface area (Å²) in [6.07, 6.45) is 0.0632. The predicted octanol–water partition coefficient (Wildman–Crippen LogP) is 1.40. The van der Waals surface area contributed by atoms with Crippen LogP contribution in [0, 0.1) is 0 Å². The molecule has 0 fully saturated rings. The van der Waals surface area contributed by atoms with Gasteiger partial charge in [0.2, 0.25) is 10.0 Å². The van der Waals surface area contributed by atoms with Crippen LogP contribution in [0.4, 0.5) is 0 Å². The van der Waals surface area contributed by atoms with Crippen molar-refractivity contribution in [3.8, 4) is 0 Å². The fourth-order valence-corrected chi connectivity index (χ4v) is 3.27. The molecule has 1 N–H and O–H groups in total. The highest BCUT2D eigenvalue weighted by molar-refractivity contribution is 7.89. The molecule has 0 heterocycles. The Labute approximate surface area is 143 Å². The number of sulfonamides is 1. The summed E-state index contributed by atoms with van der Waals surface area (Å²) in [4.78, 5) is 23.4. The van der Waals surface area contributed by atoms with Gasteiger partial charge >= 0.3 is 5.97 Å². The standard InChI is InChI=1S/C16H24N2O5S/c1-5-23-15(19)9-10-17-16(20)13-7-6-8-14(11-13)24(21,22)18(4)12(2)3/h6-8,11-12H,5,9-10H2,1-4H3,(H,17,20). The van der Waals surface area contributed by atoms with Gasteiger partial charge in [0, 0.05) is 25.2 Å². The molecule has 134 valence electrons. The van der Waals surface area contributed by atoms with E-state index in [-0.39, 0.29) is 36.1 Å². The van der Waals surface area contributed by atoms with Crippen LogP contribution in [0.3, 0.4) is 0 Å². The minimum atomic E-state index is -3.66. The van der Waals surface area contributed by atoms with Crippen molar-refractivity contribution in [3.05, 3.63) is 29.8 Å². The first kappa shape index (κ1) is 20.1. The Bertz CT molecular complexity index is 685. The third kappa shape index (κ3) is 5.31. The number of ether oxygens (including phenoxy) is 1. The zero-order valence-electron chi connectivity index (χ0n) is 14.4. The monoisotopic (exact) mass is 356 g/mol. The van der Waals surface area contributed by atoms with Crippen LogP contribution in [0.15, 0.2) is 29.2 Å². The molecule has 0 saturated heterocycles. The SMILES string of the molecule is CCOC(=O)CCNC(=O)c1cccc(S(=O)(=O)N(C)C(C)C)c1. The molecule has 0 spiro atoms. The number of amides is 1. The summed E-state index contributed by atoms with van der Waals surface area (Å²) in [6.45, 7) is 5.65. The third-order valence-electron chi connectivity index (χ3n) is 3.42. The molecule has 7 nitrogen and oxygen atoms in total. The van der Waals surface area contributed by atoms with Crippen molar-refractivity contribution >= 4 is 21.9 Å². The molecule has 1 aromatic rings. The lowest BCUT2D eigenvalue weighted by atomic mass is 10.2. The van der Waals surface area contributed by atoms with Gasteiger partial charge in [-0.25, -0.2) is 8.42 Å². The molecule has 0 aromatic heterocycles. The average Bonchev–Trinajstić information content (AvgIpc) is 2.54. The molecule has 8 heteroatoms. The summed E-state index contributed by atoms with van der Waals surface area (Å²) in [5.41, 5.74) is 0.220. The van der Waals surface area contributed by atoms with Crippen molar-refractivity contribution in [2.45, 2.75) is 38.1 Å². The lowest BCUT2D eigenvalue weighted by Gasteiger charge is -2.21. The maximum Gasteiger partial charge on any atom is 0.307 e. The van der Waals surface area contributed by atoms with Crippen molar-refractivity contribution in [3.63, 3.8) is 0 Å². The second kappa shape index (κ2) is 8.79. The molecule has 1 rings (SSSR count). The Hall–Kier alpha value is -1.93. The van der Waals surface area contributed by atoms with E-state index in [2.05, 4.69) is 5.32 Å². The van der Waals surface area contributed by atoms with Gasteiger partial charge < -0.3 is 10.1 Å². The van der Waals surface area contributed by atoms with Gasteiger partial charge in [0.1, 0.15) is 0 Å². The zero-order valence-corrected chi connectivity index (χ0v) is 15.2.